The largest absolute Gasteiger partial charge is 0.497 e. The fourth-order valence-electron chi connectivity index (χ4n) is 1.59. The molecular formula is C13H15N3O2S. The predicted octanol–water partition coefficient (Wildman–Crippen LogP) is 1.50. The van der Waals surface area contributed by atoms with Crippen LogP contribution in [0.25, 0.3) is 11.3 Å². The Morgan fingerprint density at radius 1 is 1.42 bits per heavy atom. The van der Waals surface area contributed by atoms with Gasteiger partial charge in [-0.1, -0.05) is 23.9 Å². The number of hydrogen-bond acceptors (Lipinski definition) is 5. The average molecular weight is 277 g/mol. The number of hydrogen-bond donors (Lipinski definition) is 2. The van der Waals surface area contributed by atoms with Gasteiger partial charge in [0.05, 0.1) is 12.8 Å². The van der Waals surface area contributed by atoms with Crippen molar-refractivity contribution < 1.29 is 4.74 Å². The van der Waals surface area contributed by atoms with E-state index in [1.165, 1.54) is 17.8 Å². The fraction of sp³-hybridized carbons (Fsp3) is 0.231. The van der Waals surface area contributed by atoms with Gasteiger partial charge in [-0.05, 0) is 12.1 Å². The fourth-order valence-corrected chi connectivity index (χ4v) is 2.24. The number of thioether (sulfide) groups is 1. The van der Waals surface area contributed by atoms with E-state index in [0.717, 1.165) is 11.3 Å². The molecule has 19 heavy (non-hydrogen) atoms. The average Bonchev–Trinajstić information content (AvgIpc) is 2.44. The summed E-state index contributed by atoms with van der Waals surface area (Å²) in [5, 5.41) is 0.579. The van der Waals surface area contributed by atoms with Gasteiger partial charge in [0.2, 0.25) is 0 Å². The Balaban J connectivity index is 2.37. The molecule has 1 aromatic heterocycles. The third-order valence-corrected chi connectivity index (χ3v) is 3.35. The zero-order valence-electron chi connectivity index (χ0n) is 10.6. The van der Waals surface area contributed by atoms with Crippen molar-refractivity contribution in [3.8, 4) is 17.0 Å². The Kier molecular flexibility index (Phi) is 4.59. The molecule has 0 unspecified atom stereocenters. The number of nitrogens with zero attached hydrogens (tertiary/aromatic N) is 1. The maximum absolute atomic E-state index is 11.6. The molecule has 6 heteroatoms. The van der Waals surface area contributed by atoms with Gasteiger partial charge < -0.3 is 15.5 Å². The van der Waals surface area contributed by atoms with Crippen LogP contribution in [0.15, 0.2) is 40.3 Å². The van der Waals surface area contributed by atoms with Crippen molar-refractivity contribution in [1.29, 1.82) is 0 Å². The first-order chi connectivity index (χ1) is 9.22. The van der Waals surface area contributed by atoms with Gasteiger partial charge in [-0.25, -0.2) is 4.98 Å². The van der Waals surface area contributed by atoms with Gasteiger partial charge in [-0.2, -0.15) is 0 Å². The molecule has 0 spiro atoms. The first-order valence-corrected chi connectivity index (χ1v) is 6.80. The van der Waals surface area contributed by atoms with E-state index >= 15 is 0 Å². The lowest BCUT2D eigenvalue weighted by molar-refractivity contribution is 0.415. The Bertz CT molecular complexity index is 613. The van der Waals surface area contributed by atoms with Crippen LogP contribution in [0, 0.1) is 0 Å². The number of methoxy groups -OCH3 is 1. The molecule has 0 bridgehead atoms. The standard InChI is InChI=1S/C13H15N3O2S/c1-18-10-4-2-3-9(7-10)11-8-12(17)16-13(15-11)19-6-5-14/h2-4,7-8H,5-6,14H2,1H3,(H,15,16,17). The lowest BCUT2D eigenvalue weighted by atomic mass is 10.1. The van der Waals surface area contributed by atoms with E-state index < -0.39 is 0 Å². The van der Waals surface area contributed by atoms with Crippen molar-refractivity contribution in [2.24, 2.45) is 5.73 Å². The summed E-state index contributed by atoms with van der Waals surface area (Å²) in [6, 6.07) is 8.92. The summed E-state index contributed by atoms with van der Waals surface area (Å²) < 4.78 is 5.17. The molecule has 5 nitrogen and oxygen atoms in total. The second-order valence-corrected chi connectivity index (χ2v) is 4.89. The Labute approximate surface area is 115 Å². The summed E-state index contributed by atoms with van der Waals surface area (Å²) >= 11 is 1.43. The minimum atomic E-state index is -0.174. The van der Waals surface area contributed by atoms with Crippen LogP contribution < -0.4 is 16.0 Å². The molecule has 3 N–H and O–H groups in total. The summed E-state index contributed by atoms with van der Waals surface area (Å²) in [5.41, 5.74) is 6.74. The van der Waals surface area contributed by atoms with E-state index in [-0.39, 0.29) is 5.56 Å². The molecule has 0 aliphatic heterocycles. The zero-order chi connectivity index (χ0) is 13.7. The van der Waals surface area contributed by atoms with Crippen LogP contribution >= 0.6 is 11.8 Å². The molecule has 1 heterocycles. The smallest absolute Gasteiger partial charge is 0.252 e. The normalized spacial score (nSPS) is 10.4. The number of aromatic nitrogens is 2. The highest BCUT2D eigenvalue weighted by Gasteiger charge is 2.05. The Morgan fingerprint density at radius 2 is 2.26 bits per heavy atom. The summed E-state index contributed by atoms with van der Waals surface area (Å²) in [5.74, 6) is 1.44. The number of nitrogens with one attached hydrogen (secondary N) is 1. The second-order valence-electron chi connectivity index (χ2n) is 3.80. The van der Waals surface area contributed by atoms with Crippen LogP contribution in [0.2, 0.25) is 0 Å². The van der Waals surface area contributed by atoms with Crippen molar-refractivity contribution in [2.45, 2.75) is 5.16 Å². The summed E-state index contributed by atoms with van der Waals surface area (Å²) in [6.07, 6.45) is 0. The number of nitrogens with two attached hydrogens (primary N) is 1. The van der Waals surface area contributed by atoms with E-state index in [1.807, 2.05) is 24.3 Å². The summed E-state index contributed by atoms with van der Waals surface area (Å²) in [6.45, 7) is 0.539. The lowest BCUT2D eigenvalue weighted by Gasteiger charge is -2.05. The van der Waals surface area contributed by atoms with Crippen LogP contribution in [-0.2, 0) is 0 Å². The third-order valence-electron chi connectivity index (χ3n) is 2.44. The molecule has 0 saturated heterocycles. The number of H-pyrrole nitrogens is 1. The zero-order valence-corrected chi connectivity index (χ0v) is 11.4. The van der Waals surface area contributed by atoms with Crippen LogP contribution in [0.5, 0.6) is 5.75 Å². The Hall–Kier alpha value is -1.79. The van der Waals surface area contributed by atoms with Gasteiger partial charge in [0.25, 0.3) is 5.56 Å². The summed E-state index contributed by atoms with van der Waals surface area (Å²) in [7, 11) is 1.60. The van der Waals surface area contributed by atoms with E-state index in [2.05, 4.69) is 9.97 Å². The van der Waals surface area contributed by atoms with Crippen LogP contribution in [0.1, 0.15) is 0 Å². The van der Waals surface area contributed by atoms with Crippen molar-refractivity contribution in [1.82, 2.24) is 9.97 Å². The third kappa shape index (κ3) is 3.59. The number of aromatic amines is 1. The molecule has 100 valence electrons. The molecule has 0 amide bonds. The highest BCUT2D eigenvalue weighted by molar-refractivity contribution is 7.99. The highest BCUT2D eigenvalue weighted by Crippen LogP contribution is 2.22. The lowest BCUT2D eigenvalue weighted by Crippen LogP contribution is -2.09. The minimum absolute atomic E-state index is 0.174. The first-order valence-electron chi connectivity index (χ1n) is 5.81. The molecule has 1 aromatic carbocycles. The SMILES string of the molecule is COc1cccc(-c2cc(=O)[nH]c(SCCN)n2)c1. The molecule has 0 atom stereocenters. The molecular weight excluding hydrogens is 262 g/mol. The molecule has 0 radical (unpaired) electrons. The topological polar surface area (TPSA) is 81.0 Å². The quantitative estimate of drug-likeness (QED) is 0.639. The van der Waals surface area contributed by atoms with Crippen molar-refractivity contribution >= 4 is 11.8 Å². The number of rotatable bonds is 5. The highest BCUT2D eigenvalue weighted by atomic mass is 32.2. The molecule has 2 aromatic rings. The summed E-state index contributed by atoms with van der Waals surface area (Å²) in [4.78, 5) is 18.7. The molecule has 0 aliphatic carbocycles. The Morgan fingerprint density at radius 3 is 3.00 bits per heavy atom. The first kappa shape index (κ1) is 13.6. The molecule has 2 rings (SSSR count). The monoisotopic (exact) mass is 277 g/mol. The van der Waals surface area contributed by atoms with Gasteiger partial charge in [0.1, 0.15) is 5.75 Å². The number of benzene rings is 1. The van der Waals surface area contributed by atoms with Crippen molar-refractivity contribution in [3.05, 3.63) is 40.7 Å². The maximum Gasteiger partial charge on any atom is 0.252 e. The van der Waals surface area contributed by atoms with Crippen LogP contribution in [0.4, 0.5) is 0 Å². The van der Waals surface area contributed by atoms with Crippen LogP contribution in [-0.4, -0.2) is 29.4 Å². The molecule has 0 saturated carbocycles. The van der Waals surface area contributed by atoms with E-state index in [4.69, 9.17) is 10.5 Å². The van der Waals surface area contributed by atoms with E-state index in [0.29, 0.717) is 23.1 Å². The van der Waals surface area contributed by atoms with Gasteiger partial charge >= 0.3 is 0 Å². The predicted molar refractivity (Wildman–Crippen MR) is 76.6 cm³/mol. The van der Waals surface area contributed by atoms with Gasteiger partial charge in [-0.15, -0.1) is 0 Å². The van der Waals surface area contributed by atoms with Crippen LogP contribution in [0.3, 0.4) is 0 Å². The van der Waals surface area contributed by atoms with Crippen molar-refractivity contribution in [3.63, 3.8) is 0 Å². The number of ether oxygens (including phenoxy) is 1. The molecule has 0 aliphatic rings. The maximum atomic E-state index is 11.6. The van der Waals surface area contributed by atoms with Gasteiger partial charge in [0, 0.05) is 23.9 Å². The minimum Gasteiger partial charge on any atom is -0.497 e. The van der Waals surface area contributed by atoms with Crippen molar-refractivity contribution in [2.75, 3.05) is 19.4 Å². The molecule has 0 fully saturated rings. The van der Waals surface area contributed by atoms with E-state index in [1.54, 1.807) is 7.11 Å². The second kappa shape index (κ2) is 6.40. The van der Waals surface area contributed by atoms with Gasteiger partial charge in [0.15, 0.2) is 5.16 Å². The van der Waals surface area contributed by atoms with E-state index in [9.17, 15) is 4.79 Å². The van der Waals surface area contributed by atoms with Gasteiger partial charge in [-0.3, -0.25) is 4.79 Å².